The lowest BCUT2D eigenvalue weighted by molar-refractivity contribution is 0.272. The second kappa shape index (κ2) is 5.58. The summed E-state index contributed by atoms with van der Waals surface area (Å²) < 4.78 is 7.30. The number of aromatic nitrogens is 1. The van der Waals surface area contributed by atoms with Gasteiger partial charge in [-0.25, -0.2) is 0 Å². The molecule has 0 saturated heterocycles. The van der Waals surface area contributed by atoms with E-state index in [-0.39, 0.29) is 5.04 Å². The summed E-state index contributed by atoms with van der Waals surface area (Å²) in [7, 11) is -1.71. The number of pyridine rings is 1. The van der Waals surface area contributed by atoms with Gasteiger partial charge in [-0.15, -0.1) is 0 Å². The van der Waals surface area contributed by atoms with Crippen LogP contribution in [-0.4, -0.2) is 13.3 Å². The number of hydrogen-bond acceptors (Lipinski definition) is 2. The van der Waals surface area contributed by atoms with Crippen LogP contribution >= 0.6 is 15.9 Å². The lowest BCUT2D eigenvalue weighted by Gasteiger charge is -2.36. The molecule has 0 bridgehead atoms. The van der Waals surface area contributed by atoms with Crippen LogP contribution in [0.1, 0.15) is 26.5 Å². The third-order valence-electron chi connectivity index (χ3n) is 4.10. The van der Waals surface area contributed by atoms with E-state index in [0.717, 1.165) is 21.1 Å². The van der Waals surface area contributed by atoms with E-state index in [9.17, 15) is 0 Å². The summed E-state index contributed by atoms with van der Waals surface area (Å²) in [6.45, 7) is 11.9. The van der Waals surface area contributed by atoms with E-state index >= 15 is 0 Å². The van der Waals surface area contributed by atoms with Crippen LogP contribution in [0.4, 0.5) is 0 Å². The van der Waals surface area contributed by atoms with Gasteiger partial charge in [0.25, 0.3) is 0 Å². The van der Waals surface area contributed by atoms with E-state index < -0.39 is 8.32 Å². The molecule has 2 rings (SSSR count). The van der Waals surface area contributed by atoms with Gasteiger partial charge in [0.05, 0.1) is 17.8 Å². The van der Waals surface area contributed by atoms with E-state index in [2.05, 4.69) is 73.0 Å². The second-order valence-corrected chi connectivity index (χ2v) is 12.4. The summed E-state index contributed by atoms with van der Waals surface area (Å²) in [5.74, 6) is 0. The molecule has 20 heavy (non-hydrogen) atoms. The van der Waals surface area contributed by atoms with E-state index in [4.69, 9.17) is 4.43 Å². The highest BCUT2D eigenvalue weighted by atomic mass is 79.9. The van der Waals surface area contributed by atoms with Crippen LogP contribution in [0.15, 0.2) is 34.8 Å². The van der Waals surface area contributed by atoms with Gasteiger partial charge in [-0.3, -0.25) is 4.98 Å². The zero-order chi connectivity index (χ0) is 15.0. The monoisotopic (exact) mass is 351 g/mol. The number of benzene rings is 1. The molecule has 0 aliphatic rings. The largest absolute Gasteiger partial charge is 0.411 e. The first-order valence-corrected chi connectivity index (χ1v) is 10.6. The van der Waals surface area contributed by atoms with Gasteiger partial charge in [-0.1, -0.05) is 42.8 Å². The van der Waals surface area contributed by atoms with Crippen molar-refractivity contribution in [2.75, 3.05) is 0 Å². The molecule has 4 heteroatoms. The summed E-state index contributed by atoms with van der Waals surface area (Å²) in [5.41, 5.74) is 2.02. The van der Waals surface area contributed by atoms with Crippen molar-refractivity contribution in [2.24, 2.45) is 0 Å². The number of rotatable bonds is 3. The Bertz CT molecular complexity index is 619. The van der Waals surface area contributed by atoms with Crippen LogP contribution in [0.3, 0.4) is 0 Å². The SMILES string of the molecule is CC(C)(C)[Si](C)(C)OCc1ccc2cc(Br)ccc2n1. The third-order valence-corrected chi connectivity index (χ3v) is 9.07. The molecule has 108 valence electrons. The van der Waals surface area contributed by atoms with Gasteiger partial charge < -0.3 is 4.43 Å². The lowest BCUT2D eigenvalue weighted by atomic mass is 10.2. The molecule has 1 heterocycles. The molecule has 2 nitrogen and oxygen atoms in total. The maximum absolute atomic E-state index is 6.22. The number of hydrogen-bond donors (Lipinski definition) is 0. The Morgan fingerprint density at radius 3 is 2.50 bits per heavy atom. The maximum atomic E-state index is 6.22. The first-order valence-electron chi connectivity index (χ1n) is 6.88. The van der Waals surface area contributed by atoms with Crippen LogP contribution in [0.2, 0.25) is 18.1 Å². The van der Waals surface area contributed by atoms with Crippen molar-refractivity contribution < 1.29 is 4.43 Å². The normalized spacial score (nSPS) is 12.9. The molecule has 0 unspecified atom stereocenters. The molecule has 2 aromatic rings. The van der Waals surface area contributed by atoms with Crippen LogP contribution < -0.4 is 0 Å². The van der Waals surface area contributed by atoms with E-state index in [1.54, 1.807) is 0 Å². The summed E-state index contributed by atoms with van der Waals surface area (Å²) in [4.78, 5) is 4.68. The molecule has 1 aromatic carbocycles. The summed E-state index contributed by atoms with van der Waals surface area (Å²) in [5, 5.41) is 1.38. The van der Waals surface area contributed by atoms with Gasteiger partial charge in [0.15, 0.2) is 8.32 Å². The standard InChI is InChI=1S/C16H22BrNOSi/c1-16(2,3)20(4,5)19-11-14-8-6-12-10-13(17)7-9-15(12)18-14/h6-10H,11H2,1-5H3. The van der Waals surface area contributed by atoms with E-state index in [1.165, 1.54) is 0 Å². The number of halogens is 1. The van der Waals surface area contributed by atoms with Gasteiger partial charge in [-0.05, 0) is 42.4 Å². The summed E-state index contributed by atoms with van der Waals surface area (Å²) >= 11 is 3.48. The van der Waals surface area contributed by atoms with Crippen LogP contribution in [0.25, 0.3) is 10.9 Å². The molecule has 0 N–H and O–H groups in total. The maximum Gasteiger partial charge on any atom is 0.192 e. The molecule has 0 spiro atoms. The van der Waals surface area contributed by atoms with Crippen LogP contribution in [-0.2, 0) is 11.0 Å². The molecule has 0 radical (unpaired) electrons. The van der Waals surface area contributed by atoms with Gasteiger partial charge in [0.2, 0.25) is 0 Å². The van der Waals surface area contributed by atoms with Gasteiger partial charge >= 0.3 is 0 Å². The quantitative estimate of drug-likeness (QED) is 0.679. The first-order chi connectivity index (χ1) is 9.19. The van der Waals surface area contributed by atoms with Crippen molar-refractivity contribution in [1.82, 2.24) is 4.98 Å². The molecule has 1 aromatic heterocycles. The number of nitrogens with zero attached hydrogens (tertiary/aromatic N) is 1. The smallest absolute Gasteiger partial charge is 0.192 e. The Morgan fingerprint density at radius 2 is 1.85 bits per heavy atom. The average Bonchev–Trinajstić information content (AvgIpc) is 2.35. The average molecular weight is 352 g/mol. The Balaban J connectivity index is 2.17. The van der Waals surface area contributed by atoms with Crippen LogP contribution in [0.5, 0.6) is 0 Å². The Morgan fingerprint density at radius 1 is 1.15 bits per heavy atom. The predicted molar refractivity (Wildman–Crippen MR) is 91.4 cm³/mol. The van der Waals surface area contributed by atoms with Gasteiger partial charge in [0, 0.05) is 9.86 Å². The molecule has 0 fully saturated rings. The van der Waals surface area contributed by atoms with Crippen molar-refractivity contribution in [3.63, 3.8) is 0 Å². The van der Waals surface area contributed by atoms with Gasteiger partial charge in [-0.2, -0.15) is 0 Å². The molecule has 0 aliphatic carbocycles. The molecule has 0 saturated carbocycles. The molecule has 0 amide bonds. The zero-order valence-corrected chi connectivity index (χ0v) is 15.4. The zero-order valence-electron chi connectivity index (χ0n) is 12.8. The van der Waals surface area contributed by atoms with Gasteiger partial charge in [0.1, 0.15) is 0 Å². The Kier molecular flexibility index (Phi) is 4.37. The fourth-order valence-corrected chi connectivity index (χ4v) is 3.01. The van der Waals surface area contributed by atoms with Crippen molar-refractivity contribution >= 4 is 35.2 Å². The van der Waals surface area contributed by atoms with Crippen molar-refractivity contribution in [3.8, 4) is 0 Å². The third kappa shape index (κ3) is 3.48. The Hall–Kier alpha value is -0.713. The molecular weight excluding hydrogens is 330 g/mol. The topological polar surface area (TPSA) is 22.1 Å². The van der Waals surface area contributed by atoms with Crippen molar-refractivity contribution in [2.45, 2.75) is 45.5 Å². The molecule has 0 aliphatic heterocycles. The highest BCUT2D eigenvalue weighted by molar-refractivity contribution is 9.10. The molecule has 0 atom stereocenters. The minimum Gasteiger partial charge on any atom is -0.411 e. The van der Waals surface area contributed by atoms with E-state index in [0.29, 0.717) is 6.61 Å². The highest BCUT2D eigenvalue weighted by Gasteiger charge is 2.37. The minimum atomic E-state index is -1.71. The summed E-state index contributed by atoms with van der Waals surface area (Å²) in [6, 6.07) is 10.3. The first kappa shape index (κ1) is 15.7. The van der Waals surface area contributed by atoms with Crippen LogP contribution in [0, 0.1) is 0 Å². The highest BCUT2D eigenvalue weighted by Crippen LogP contribution is 2.37. The fraction of sp³-hybridized carbons (Fsp3) is 0.438. The second-order valence-electron chi connectivity index (χ2n) is 6.69. The minimum absolute atomic E-state index is 0.231. The Labute approximate surface area is 130 Å². The number of fused-ring (bicyclic) bond motifs is 1. The van der Waals surface area contributed by atoms with Crippen molar-refractivity contribution in [3.05, 3.63) is 40.5 Å². The van der Waals surface area contributed by atoms with E-state index in [1.807, 2.05) is 12.1 Å². The molecular formula is C16H22BrNOSi. The fourth-order valence-electron chi connectivity index (χ4n) is 1.69. The summed E-state index contributed by atoms with van der Waals surface area (Å²) in [6.07, 6.45) is 0. The van der Waals surface area contributed by atoms with Crippen molar-refractivity contribution in [1.29, 1.82) is 0 Å². The predicted octanol–water partition coefficient (Wildman–Crippen LogP) is 5.52. The lowest BCUT2D eigenvalue weighted by Crippen LogP contribution is -2.40.